The van der Waals surface area contributed by atoms with Crippen LogP contribution in [0.25, 0.3) is 0 Å². The summed E-state index contributed by atoms with van der Waals surface area (Å²) >= 11 is 0. The van der Waals surface area contributed by atoms with Gasteiger partial charge in [-0.15, -0.1) is 0 Å². The van der Waals surface area contributed by atoms with Gasteiger partial charge >= 0.3 is 0 Å². The molecular weight excluding hydrogens is 212 g/mol. The minimum Gasteiger partial charge on any atom is -0.353 e. The van der Waals surface area contributed by atoms with E-state index < -0.39 is 0 Å². The molecule has 0 unspecified atom stereocenters. The molecular formula is C13H16N4. The molecule has 4 heteroatoms. The van der Waals surface area contributed by atoms with E-state index >= 15 is 0 Å². The molecule has 2 heterocycles. The zero-order valence-corrected chi connectivity index (χ0v) is 9.93. The van der Waals surface area contributed by atoms with E-state index in [9.17, 15) is 0 Å². The van der Waals surface area contributed by atoms with Gasteiger partial charge in [0.15, 0.2) is 0 Å². The molecule has 1 aliphatic rings. The number of aromatic nitrogens is 3. The summed E-state index contributed by atoms with van der Waals surface area (Å²) in [5.41, 5.74) is 2.13. The molecule has 4 nitrogen and oxygen atoms in total. The predicted octanol–water partition coefficient (Wildman–Crippen LogP) is 2.21. The molecule has 0 atom stereocenters. The predicted molar refractivity (Wildman–Crippen MR) is 66.9 cm³/mol. The highest BCUT2D eigenvalue weighted by Crippen LogP contribution is 2.23. The van der Waals surface area contributed by atoms with Gasteiger partial charge in [0.05, 0.1) is 12.2 Å². The molecule has 0 bridgehead atoms. The number of nitrogens with zero attached hydrogens (tertiary/aromatic N) is 3. The summed E-state index contributed by atoms with van der Waals surface area (Å²) < 4.78 is 2.11. The van der Waals surface area contributed by atoms with Gasteiger partial charge in [-0.25, -0.2) is 4.98 Å². The van der Waals surface area contributed by atoms with Crippen LogP contribution in [0.15, 0.2) is 30.6 Å². The fraction of sp³-hybridized carbons (Fsp3) is 0.385. The van der Waals surface area contributed by atoms with Gasteiger partial charge in [0.1, 0.15) is 0 Å². The number of imidazole rings is 1. The molecule has 1 N–H and O–H groups in total. The molecule has 2 aromatic heterocycles. The highest BCUT2D eigenvalue weighted by Gasteiger charge is 2.22. The van der Waals surface area contributed by atoms with Crippen molar-refractivity contribution in [2.24, 2.45) is 0 Å². The average Bonchev–Trinajstić information content (AvgIpc) is 3.01. The van der Waals surface area contributed by atoms with Crippen molar-refractivity contribution in [3.05, 3.63) is 42.0 Å². The third-order valence-electron chi connectivity index (χ3n) is 2.90. The fourth-order valence-electron chi connectivity index (χ4n) is 1.85. The molecule has 0 radical (unpaired) electrons. The molecule has 1 aliphatic carbocycles. The molecule has 0 aliphatic heterocycles. The standard InChI is InChI=1S/C13H16N4/c1-10-3-2-4-12(15-10)9-17-8-7-14-13(17)16-11-5-6-11/h2-4,7-8,11H,5-6,9H2,1H3,(H,14,16). The van der Waals surface area contributed by atoms with Crippen molar-refractivity contribution in [3.8, 4) is 0 Å². The smallest absolute Gasteiger partial charge is 0.203 e. The van der Waals surface area contributed by atoms with E-state index in [1.807, 2.05) is 37.5 Å². The summed E-state index contributed by atoms with van der Waals surface area (Å²) in [7, 11) is 0. The first-order valence-corrected chi connectivity index (χ1v) is 6.01. The Bertz CT molecular complexity index is 514. The number of hydrogen-bond acceptors (Lipinski definition) is 3. The third kappa shape index (κ3) is 2.46. The zero-order chi connectivity index (χ0) is 11.7. The normalized spacial score (nSPS) is 14.9. The quantitative estimate of drug-likeness (QED) is 0.872. The van der Waals surface area contributed by atoms with Gasteiger partial charge in [0, 0.05) is 24.1 Å². The molecule has 1 fully saturated rings. The lowest BCUT2D eigenvalue weighted by atomic mass is 10.3. The Morgan fingerprint density at radius 2 is 2.29 bits per heavy atom. The largest absolute Gasteiger partial charge is 0.353 e. The van der Waals surface area contributed by atoms with E-state index in [0.717, 1.165) is 23.9 Å². The Morgan fingerprint density at radius 3 is 3.06 bits per heavy atom. The summed E-state index contributed by atoms with van der Waals surface area (Å²) in [5, 5.41) is 3.42. The second-order valence-corrected chi connectivity index (χ2v) is 4.57. The maximum Gasteiger partial charge on any atom is 0.203 e. The maximum absolute atomic E-state index is 4.51. The summed E-state index contributed by atoms with van der Waals surface area (Å²) in [6.07, 6.45) is 6.35. The summed E-state index contributed by atoms with van der Waals surface area (Å²) in [6, 6.07) is 6.73. The van der Waals surface area contributed by atoms with Crippen molar-refractivity contribution in [2.75, 3.05) is 5.32 Å². The Kier molecular flexibility index (Phi) is 2.55. The number of rotatable bonds is 4. The minimum absolute atomic E-state index is 0.626. The van der Waals surface area contributed by atoms with E-state index in [-0.39, 0.29) is 0 Å². The second-order valence-electron chi connectivity index (χ2n) is 4.57. The highest BCUT2D eigenvalue weighted by molar-refractivity contribution is 5.30. The van der Waals surface area contributed by atoms with Crippen LogP contribution >= 0.6 is 0 Å². The van der Waals surface area contributed by atoms with Crippen LogP contribution in [0.2, 0.25) is 0 Å². The van der Waals surface area contributed by atoms with Crippen molar-refractivity contribution in [3.63, 3.8) is 0 Å². The summed E-state index contributed by atoms with van der Waals surface area (Å²) in [5.74, 6) is 0.954. The zero-order valence-electron chi connectivity index (χ0n) is 9.93. The molecule has 0 saturated heterocycles. The van der Waals surface area contributed by atoms with Gasteiger partial charge in [-0.05, 0) is 31.9 Å². The molecule has 0 aromatic carbocycles. The van der Waals surface area contributed by atoms with E-state index in [4.69, 9.17) is 0 Å². The number of aryl methyl sites for hydroxylation is 1. The second kappa shape index (κ2) is 4.20. The lowest BCUT2D eigenvalue weighted by molar-refractivity contribution is 0.770. The van der Waals surface area contributed by atoms with Crippen LogP contribution in [0.1, 0.15) is 24.2 Å². The highest BCUT2D eigenvalue weighted by atomic mass is 15.2. The lowest BCUT2D eigenvalue weighted by Gasteiger charge is -2.08. The van der Waals surface area contributed by atoms with E-state index in [1.54, 1.807) is 0 Å². The number of pyridine rings is 1. The van der Waals surface area contributed by atoms with Crippen LogP contribution in [0.5, 0.6) is 0 Å². The molecule has 17 heavy (non-hydrogen) atoms. The van der Waals surface area contributed by atoms with Gasteiger partial charge < -0.3 is 9.88 Å². The minimum atomic E-state index is 0.626. The first-order valence-electron chi connectivity index (χ1n) is 6.01. The van der Waals surface area contributed by atoms with Gasteiger partial charge in [-0.2, -0.15) is 0 Å². The molecule has 88 valence electrons. The topological polar surface area (TPSA) is 42.7 Å². The Morgan fingerprint density at radius 1 is 1.41 bits per heavy atom. The molecule has 2 aromatic rings. The van der Waals surface area contributed by atoms with Gasteiger partial charge in [-0.1, -0.05) is 6.07 Å². The lowest BCUT2D eigenvalue weighted by Crippen LogP contribution is -2.10. The van der Waals surface area contributed by atoms with Crippen molar-refractivity contribution >= 4 is 5.95 Å². The fourth-order valence-corrected chi connectivity index (χ4v) is 1.85. The maximum atomic E-state index is 4.51. The number of anilines is 1. The van der Waals surface area contributed by atoms with Crippen molar-refractivity contribution in [1.82, 2.24) is 14.5 Å². The Labute approximate surface area is 101 Å². The molecule has 0 spiro atoms. The van der Waals surface area contributed by atoms with Gasteiger partial charge in [-0.3, -0.25) is 4.98 Å². The third-order valence-corrected chi connectivity index (χ3v) is 2.90. The summed E-state index contributed by atoms with van der Waals surface area (Å²) in [4.78, 5) is 8.85. The Hall–Kier alpha value is -1.84. The van der Waals surface area contributed by atoms with Crippen LogP contribution in [-0.4, -0.2) is 20.6 Å². The molecule has 0 amide bonds. The number of hydrogen-bond donors (Lipinski definition) is 1. The van der Waals surface area contributed by atoms with Crippen molar-refractivity contribution < 1.29 is 0 Å². The van der Waals surface area contributed by atoms with Crippen LogP contribution in [0, 0.1) is 6.92 Å². The average molecular weight is 228 g/mol. The Balaban J connectivity index is 1.77. The van der Waals surface area contributed by atoms with Gasteiger partial charge in [0.25, 0.3) is 0 Å². The van der Waals surface area contributed by atoms with Crippen LogP contribution in [0.3, 0.4) is 0 Å². The van der Waals surface area contributed by atoms with Gasteiger partial charge in [0.2, 0.25) is 5.95 Å². The van der Waals surface area contributed by atoms with E-state index in [2.05, 4.69) is 19.9 Å². The molecule has 1 saturated carbocycles. The van der Waals surface area contributed by atoms with Crippen LogP contribution in [0.4, 0.5) is 5.95 Å². The first-order chi connectivity index (χ1) is 8.31. The van der Waals surface area contributed by atoms with Crippen molar-refractivity contribution in [2.45, 2.75) is 32.4 Å². The van der Waals surface area contributed by atoms with Crippen LogP contribution < -0.4 is 5.32 Å². The summed E-state index contributed by atoms with van der Waals surface area (Å²) in [6.45, 7) is 2.79. The molecule has 3 rings (SSSR count). The van der Waals surface area contributed by atoms with E-state index in [1.165, 1.54) is 12.8 Å². The first kappa shape index (κ1) is 10.3. The van der Waals surface area contributed by atoms with Crippen molar-refractivity contribution in [1.29, 1.82) is 0 Å². The van der Waals surface area contributed by atoms with E-state index in [0.29, 0.717) is 6.04 Å². The van der Waals surface area contributed by atoms with Crippen LogP contribution in [-0.2, 0) is 6.54 Å². The monoisotopic (exact) mass is 228 g/mol. The number of nitrogens with one attached hydrogen (secondary N) is 1. The SMILES string of the molecule is Cc1cccc(Cn2ccnc2NC2CC2)n1.